The number of methoxy groups -OCH3 is 1. The quantitative estimate of drug-likeness (QED) is 0.807. The second-order valence-electron chi connectivity index (χ2n) is 3.35. The molecule has 0 saturated carbocycles. The predicted molar refractivity (Wildman–Crippen MR) is 66.0 cm³/mol. The fourth-order valence-electron chi connectivity index (χ4n) is 1.51. The van der Waals surface area contributed by atoms with Gasteiger partial charge in [0.25, 0.3) is 0 Å². The lowest BCUT2D eigenvalue weighted by molar-refractivity contribution is 0.199. The van der Waals surface area contributed by atoms with Crippen LogP contribution in [0.15, 0.2) is 30.6 Å². The Morgan fingerprint density at radius 3 is 3.12 bits per heavy atom. The van der Waals surface area contributed by atoms with Crippen LogP contribution in [0, 0.1) is 0 Å². The largest absolute Gasteiger partial charge is 0.383 e. The van der Waals surface area contributed by atoms with Gasteiger partial charge in [-0.1, -0.05) is 6.07 Å². The van der Waals surface area contributed by atoms with Crippen molar-refractivity contribution < 1.29 is 4.74 Å². The molecule has 2 aromatic rings. The smallest absolute Gasteiger partial charge is 0.136 e. The van der Waals surface area contributed by atoms with E-state index < -0.39 is 0 Å². The summed E-state index contributed by atoms with van der Waals surface area (Å²) in [6.45, 7) is 2.40. The average molecular weight is 242 g/mol. The van der Waals surface area contributed by atoms with E-state index >= 15 is 0 Å². The van der Waals surface area contributed by atoms with Gasteiger partial charge in [-0.15, -0.1) is 12.4 Å². The fraction of sp³-hybridized carbons (Fsp3) is 0.364. The van der Waals surface area contributed by atoms with Gasteiger partial charge in [-0.3, -0.25) is 0 Å². The zero-order chi connectivity index (χ0) is 10.5. The summed E-state index contributed by atoms with van der Waals surface area (Å²) in [5, 5.41) is 3.30. The molecule has 0 spiro atoms. The number of pyridine rings is 1. The Morgan fingerprint density at radius 2 is 2.31 bits per heavy atom. The lowest BCUT2D eigenvalue weighted by Gasteiger charge is -2.03. The highest BCUT2D eigenvalue weighted by Crippen LogP contribution is 2.05. The first-order chi connectivity index (χ1) is 7.42. The van der Waals surface area contributed by atoms with E-state index in [-0.39, 0.29) is 12.4 Å². The molecule has 0 aromatic carbocycles. The number of hydrogen-bond donors (Lipinski definition) is 1. The van der Waals surface area contributed by atoms with Gasteiger partial charge in [0.1, 0.15) is 5.65 Å². The van der Waals surface area contributed by atoms with E-state index in [2.05, 4.69) is 14.7 Å². The molecule has 0 fully saturated rings. The van der Waals surface area contributed by atoms with Crippen LogP contribution in [0.4, 0.5) is 0 Å². The van der Waals surface area contributed by atoms with E-state index in [1.807, 2.05) is 30.6 Å². The molecule has 2 heterocycles. The molecular weight excluding hydrogens is 226 g/mol. The monoisotopic (exact) mass is 241 g/mol. The Morgan fingerprint density at radius 1 is 1.44 bits per heavy atom. The molecule has 88 valence electrons. The predicted octanol–water partition coefficient (Wildman–Crippen LogP) is 1.49. The molecule has 16 heavy (non-hydrogen) atoms. The maximum atomic E-state index is 4.96. The lowest BCUT2D eigenvalue weighted by Crippen LogP contribution is -2.19. The van der Waals surface area contributed by atoms with Gasteiger partial charge in [-0.05, 0) is 12.1 Å². The van der Waals surface area contributed by atoms with Crippen molar-refractivity contribution in [2.45, 2.75) is 6.54 Å². The third-order valence-corrected chi connectivity index (χ3v) is 2.28. The molecule has 0 bridgehead atoms. The molecule has 2 rings (SSSR count). The fourth-order valence-corrected chi connectivity index (χ4v) is 1.51. The van der Waals surface area contributed by atoms with Crippen molar-refractivity contribution >= 4 is 18.1 Å². The Labute approximate surface area is 101 Å². The minimum Gasteiger partial charge on any atom is -0.383 e. The molecule has 0 atom stereocenters. The van der Waals surface area contributed by atoms with Crippen LogP contribution in [0.3, 0.4) is 0 Å². The van der Waals surface area contributed by atoms with Crippen LogP contribution in [0.1, 0.15) is 5.69 Å². The summed E-state index contributed by atoms with van der Waals surface area (Å²) in [5.41, 5.74) is 2.16. The number of ether oxygens (including phenoxy) is 1. The van der Waals surface area contributed by atoms with Gasteiger partial charge in [0.15, 0.2) is 0 Å². The Bertz CT molecular complexity index is 430. The topological polar surface area (TPSA) is 38.6 Å². The van der Waals surface area contributed by atoms with Crippen LogP contribution < -0.4 is 5.32 Å². The molecule has 0 aliphatic carbocycles. The normalized spacial score (nSPS) is 10.3. The molecule has 0 radical (unpaired) electrons. The zero-order valence-electron chi connectivity index (χ0n) is 9.22. The first kappa shape index (κ1) is 13.0. The Balaban J connectivity index is 0.00000128. The summed E-state index contributed by atoms with van der Waals surface area (Å²) in [7, 11) is 1.70. The molecular formula is C11H16ClN3O. The highest BCUT2D eigenvalue weighted by Gasteiger charge is 2.00. The lowest BCUT2D eigenvalue weighted by atomic mass is 10.4. The van der Waals surface area contributed by atoms with Gasteiger partial charge < -0.3 is 14.5 Å². The molecule has 0 unspecified atom stereocenters. The SMILES string of the molecule is COCCNCc1cnc2ccccn12.Cl. The highest BCUT2D eigenvalue weighted by molar-refractivity contribution is 5.85. The van der Waals surface area contributed by atoms with E-state index in [9.17, 15) is 0 Å². The summed E-state index contributed by atoms with van der Waals surface area (Å²) in [6, 6.07) is 6.00. The van der Waals surface area contributed by atoms with Gasteiger partial charge in [-0.2, -0.15) is 0 Å². The summed E-state index contributed by atoms with van der Waals surface area (Å²) in [6.07, 6.45) is 3.92. The molecule has 0 saturated heterocycles. The zero-order valence-corrected chi connectivity index (χ0v) is 10.0. The minimum absolute atomic E-state index is 0. The number of fused-ring (bicyclic) bond motifs is 1. The summed E-state index contributed by atoms with van der Waals surface area (Å²) in [5.74, 6) is 0. The second kappa shape index (κ2) is 6.48. The van der Waals surface area contributed by atoms with Crippen molar-refractivity contribution in [1.82, 2.24) is 14.7 Å². The molecule has 1 N–H and O–H groups in total. The standard InChI is InChI=1S/C11H15N3O.ClH/c1-15-7-5-12-8-10-9-13-11-4-2-3-6-14(10)11;/h2-4,6,9,12H,5,7-8H2,1H3;1H. The maximum Gasteiger partial charge on any atom is 0.136 e. The summed E-state index contributed by atoms with van der Waals surface area (Å²) < 4.78 is 7.05. The van der Waals surface area contributed by atoms with E-state index in [4.69, 9.17) is 4.74 Å². The van der Waals surface area contributed by atoms with Gasteiger partial charge in [0.05, 0.1) is 18.5 Å². The molecule has 0 amide bonds. The highest BCUT2D eigenvalue weighted by atomic mass is 35.5. The molecule has 0 aliphatic heterocycles. The van der Waals surface area contributed by atoms with Crippen LogP contribution in [-0.2, 0) is 11.3 Å². The van der Waals surface area contributed by atoms with Crippen LogP contribution in [0.25, 0.3) is 5.65 Å². The molecule has 0 aliphatic rings. The number of rotatable bonds is 5. The van der Waals surface area contributed by atoms with E-state index in [1.165, 1.54) is 5.69 Å². The summed E-state index contributed by atoms with van der Waals surface area (Å²) >= 11 is 0. The first-order valence-corrected chi connectivity index (χ1v) is 5.02. The van der Waals surface area contributed by atoms with E-state index in [1.54, 1.807) is 7.11 Å². The van der Waals surface area contributed by atoms with Crippen molar-refractivity contribution in [3.05, 3.63) is 36.3 Å². The number of hydrogen-bond acceptors (Lipinski definition) is 3. The third kappa shape index (κ3) is 2.95. The van der Waals surface area contributed by atoms with Crippen molar-refractivity contribution in [2.24, 2.45) is 0 Å². The van der Waals surface area contributed by atoms with Crippen LogP contribution in [0.2, 0.25) is 0 Å². The van der Waals surface area contributed by atoms with Crippen LogP contribution >= 0.6 is 12.4 Å². The maximum absolute atomic E-state index is 4.96. The van der Waals surface area contributed by atoms with Crippen molar-refractivity contribution in [2.75, 3.05) is 20.3 Å². The third-order valence-electron chi connectivity index (χ3n) is 2.28. The van der Waals surface area contributed by atoms with Gasteiger partial charge in [-0.25, -0.2) is 4.98 Å². The first-order valence-electron chi connectivity index (χ1n) is 5.02. The van der Waals surface area contributed by atoms with Gasteiger partial charge in [0.2, 0.25) is 0 Å². The second-order valence-corrected chi connectivity index (χ2v) is 3.35. The van der Waals surface area contributed by atoms with Crippen molar-refractivity contribution in [1.29, 1.82) is 0 Å². The number of nitrogens with one attached hydrogen (secondary N) is 1. The number of halogens is 1. The molecule has 2 aromatic heterocycles. The average Bonchev–Trinajstić information content (AvgIpc) is 2.68. The molecule has 5 heteroatoms. The number of aromatic nitrogens is 2. The number of nitrogens with zero attached hydrogens (tertiary/aromatic N) is 2. The van der Waals surface area contributed by atoms with E-state index in [0.29, 0.717) is 0 Å². The minimum atomic E-state index is 0. The van der Waals surface area contributed by atoms with Crippen molar-refractivity contribution in [3.63, 3.8) is 0 Å². The van der Waals surface area contributed by atoms with Gasteiger partial charge in [0, 0.05) is 26.4 Å². The van der Waals surface area contributed by atoms with Gasteiger partial charge >= 0.3 is 0 Å². The Hall–Kier alpha value is -1.10. The Kier molecular flexibility index (Phi) is 5.25. The van der Waals surface area contributed by atoms with Crippen molar-refractivity contribution in [3.8, 4) is 0 Å². The van der Waals surface area contributed by atoms with Crippen LogP contribution in [0.5, 0.6) is 0 Å². The number of imidazole rings is 1. The summed E-state index contributed by atoms with van der Waals surface area (Å²) in [4.78, 5) is 4.31. The van der Waals surface area contributed by atoms with E-state index in [0.717, 1.165) is 25.3 Å². The van der Waals surface area contributed by atoms with Crippen LogP contribution in [-0.4, -0.2) is 29.6 Å². The molecule has 4 nitrogen and oxygen atoms in total.